The second-order valence-electron chi connectivity index (χ2n) is 17.6. The van der Waals surface area contributed by atoms with Crippen LogP contribution in [-0.2, 0) is 16.2 Å². The van der Waals surface area contributed by atoms with Crippen LogP contribution in [0, 0.1) is 23.7 Å². The summed E-state index contributed by atoms with van der Waals surface area (Å²) in [7, 11) is 0. The fraction of sp³-hybridized carbons (Fsp3) is 0.375. The van der Waals surface area contributed by atoms with Crippen molar-refractivity contribution in [2.75, 3.05) is 4.90 Å². The van der Waals surface area contributed by atoms with Crippen molar-refractivity contribution < 1.29 is 4.74 Å². The summed E-state index contributed by atoms with van der Waals surface area (Å²) in [5, 5.41) is 0. The number of anilines is 3. The first-order valence-electron chi connectivity index (χ1n) is 19.2. The van der Waals surface area contributed by atoms with E-state index in [0.29, 0.717) is 11.8 Å². The van der Waals surface area contributed by atoms with Crippen molar-refractivity contribution >= 4 is 17.1 Å². The zero-order valence-corrected chi connectivity index (χ0v) is 30.1. The number of nitrogens with zero attached hydrogens (tertiary/aromatic N) is 1. The highest BCUT2D eigenvalue weighted by Crippen LogP contribution is 2.70. The minimum absolute atomic E-state index is 0.00133. The Balaban J connectivity index is 1.25. The first kappa shape index (κ1) is 30.5. The van der Waals surface area contributed by atoms with Gasteiger partial charge in [0.25, 0.3) is 0 Å². The lowest BCUT2D eigenvalue weighted by Gasteiger charge is -2.63. The topological polar surface area (TPSA) is 12.5 Å². The fourth-order valence-electron chi connectivity index (χ4n) is 11.8. The van der Waals surface area contributed by atoms with Crippen LogP contribution in [0.3, 0.4) is 0 Å². The van der Waals surface area contributed by atoms with E-state index in [4.69, 9.17) is 4.74 Å². The van der Waals surface area contributed by atoms with Gasteiger partial charge in [-0.3, -0.25) is 0 Å². The van der Waals surface area contributed by atoms with E-state index in [0.717, 1.165) is 29.0 Å². The third kappa shape index (κ3) is 4.33. The second-order valence-corrected chi connectivity index (χ2v) is 17.6. The van der Waals surface area contributed by atoms with Crippen LogP contribution >= 0.6 is 0 Å². The molecule has 0 N–H and O–H groups in total. The maximum atomic E-state index is 7.28. The van der Waals surface area contributed by atoms with Crippen molar-refractivity contribution in [1.82, 2.24) is 0 Å². The van der Waals surface area contributed by atoms with Crippen LogP contribution in [0.25, 0.3) is 11.1 Å². The predicted molar refractivity (Wildman–Crippen MR) is 206 cm³/mol. The molecular formula is C48H49NO. The summed E-state index contributed by atoms with van der Waals surface area (Å²) < 4.78 is 7.28. The van der Waals surface area contributed by atoms with Crippen LogP contribution in [0.5, 0.6) is 11.5 Å². The van der Waals surface area contributed by atoms with Crippen LogP contribution in [0.15, 0.2) is 115 Å². The molecule has 2 nitrogen and oxygen atoms in total. The molecule has 0 aromatic heterocycles. The van der Waals surface area contributed by atoms with Gasteiger partial charge in [-0.25, -0.2) is 0 Å². The van der Waals surface area contributed by atoms with E-state index in [1.807, 2.05) is 0 Å². The lowest BCUT2D eigenvalue weighted by Crippen LogP contribution is -2.57. The summed E-state index contributed by atoms with van der Waals surface area (Å²) in [5.74, 6) is 5.23. The van der Waals surface area contributed by atoms with Crippen LogP contribution in [-0.4, -0.2) is 0 Å². The summed E-state index contributed by atoms with van der Waals surface area (Å²) in [6.07, 6.45) is 9.24. The SMILES string of the molecule is CC1(C)CCC(C)(C)c2cc(N(c3ccccc3)c3ccc4c(c3-c3ccccc3)Oc3ccccc3C43C4CC5CC(C4)CC3C5)ccc21. The van der Waals surface area contributed by atoms with Crippen LogP contribution < -0.4 is 9.64 Å². The molecule has 1 heterocycles. The second kappa shape index (κ2) is 10.8. The van der Waals surface area contributed by atoms with Gasteiger partial charge in [-0.05, 0) is 133 Å². The van der Waals surface area contributed by atoms with Gasteiger partial charge in [-0.15, -0.1) is 0 Å². The van der Waals surface area contributed by atoms with E-state index < -0.39 is 0 Å². The highest BCUT2D eigenvalue weighted by molar-refractivity contribution is 5.93. The molecule has 5 aromatic rings. The van der Waals surface area contributed by atoms with Crippen molar-refractivity contribution in [2.45, 2.75) is 88.9 Å². The summed E-state index contributed by atoms with van der Waals surface area (Å²) in [6.45, 7) is 9.70. The fourth-order valence-corrected chi connectivity index (χ4v) is 11.8. The van der Waals surface area contributed by atoms with Crippen molar-refractivity contribution in [2.24, 2.45) is 23.7 Å². The minimum atomic E-state index is -0.00133. The number of hydrogen-bond acceptors (Lipinski definition) is 2. The summed E-state index contributed by atoms with van der Waals surface area (Å²) in [4.78, 5) is 2.51. The van der Waals surface area contributed by atoms with Gasteiger partial charge in [0.2, 0.25) is 0 Å². The van der Waals surface area contributed by atoms with Crippen molar-refractivity contribution in [3.63, 3.8) is 0 Å². The Morgan fingerprint density at radius 2 is 1.14 bits per heavy atom. The standard InChI is InChI=1S/C48H49NO/c1-46(2)23-24-47(3,4)41-30-37(19-20-38(41)46)49(36-15-9-6-10-16-36)42-22-21-40-45(44(42)33-13-7-5-8-14-33)50-43-18-12-11-17-39(43)48(40)34-26-31-25-32(28-34)29-35(48)27-31/h5-22,30-32,34-35H,23-29H2,1-4H3. The van der Waals surface area contributed by atoms with Gasteiger partial charge in [0.05, 0.1) is 5.69 Å². The molecule has 1 aliphatic heterocycles. The average Bonchev–Trinajstić information content (AvgIpc) is 3.12. The molecule has 50 heavy (non-hydrogen) atoms. The maximum Gasteiger partial charge on any atom is 0.141 e. The molecule has 4 fully saturated rings. The smallest absolute Gasteiger partial charge is 0.141 e. The molecule has 0 radical (unpaired) electrons. The summed E-state index contributed by atoms with van der Waals surface area (Å²) in [6, 6.07) is 43.4. The molecule has 5 aromatic carbocycles. The molecule has 4 saturated carbocycles. The highest BCUT2D eigenvalue weighted by atomic mass is 16.5. The van der Waals surface area contributed by atoms with E-state index in [-0.39, 0.29) is 16.2 Å². The van der Waals surface area contributed by atoms with Crippen LogP contribution in [0.4, 0.5) is 17.1 Å². The third-order valence-corrected chi connectivity index (χ3v) is 14.0. The normalized spacial score (nSPS) is 27.6. The van der Waals surface area contributed by atoms with E-state index in [9.17, 15) is 0 Å². The largest absolute Gasteiger partial charge is 0.456 e. The summed E-state index contributed by atoms with van der Waals surface area (Å²) >= 11 is 0. The van der Waals surface area contributed by atoms with E-state index >= 15 is 0 Å². The molecule has 1 spiro atoms. The molecule has 0 saturated heterocycles. The van der Waals surface area contributed by atoms with Crippen molar-refractivity contribution in [3.05, 3.63) is 138 Å². The Labute approximate surface area is 298 Å². The maximum absolute atomic E-state index is 7.28. The van der Waals surface area contributed by atoms with Gasteiger partial charge >= 0.3 is 0 Å². The molecular weight excluding hydrogens is 607 g/mol. The third-order valence-electron chi connectivity index (χ3n) is 14.0. The summed E-state index contributed by atoms with van der Waals surface area (Å²) in [5.41, 5.74) is 12.1. The van der Waals surface area contributed by atoms with Crippen molar-refractivity contribution in [3.8, 4) is 22.6 Å². The molecule has 6 aliphatic rings. The number of fused-ring (bicyclic) bond motifs is 3. The van der Waals surface area contributed by atoms with Gasteiger partial charge in [0.1, 0.15) is 11.5 Å². The zero-order chi connectivity index (χ0) is 33.8. The number of ether oxygens (including phenoxy) is 1. The first-order valence-corrected chi connectivity index (χ1v) is 19.2. The molecule has 0 amide bonds. The van der Waals surface area contributed by atoms with Crippen molar-refractivity contribution in [1.29, 1.82) is 0 Å². The number of benzene rings is 5. The zero-order valence-electron chi connectivity index (χ0n) is 30.1. The monoisotopic (exact) mass is 655 g/mol. The van der Waals surface area contributed by atoms with E-state index in [1.165, 1.54) is 89.7 Å². The first-order chi connectivity index (χ1) is 24.2. The van der Waals surface area contributed by atoms with Crippen LogP contribution in [0.2, 0.25) is 0 Å². The Morgan fingerprint density at radius 1 is 0.540 bits per heavy atom. The Morgan fingerprint density at radius 3 is 1.84 bits per heavy atom. The number of para-hydroxylation sites is 2. The number of rotatable bonds is 4. The molecule has 5 aliphatic carbocycles. The number of hydrogen-bond donors (Lipinski definition) is 0. The molecule has 4 bridgehead atoms. The molecule has 2 heteroatoms. The highest BCUT2D eigenvalue weighted by Gasteiger charge is 2.61. The van der Waals surface area contributed by atoms with E-state index in [2.05, 4.69) is 148 Å². The minimum Gasteiger partial charge on any atom is -0.456 e. The molecule has 11 rings (SSSR count). The lowest BCUT2D eigenvalue weighted by molar-refractivity contribution is -0.0451. The Hall–Kier alpha value is -4.30. The van der Waals surface area contributed by atoms with E-state index in [1.54, 1.807) is 0 Å². The Bertz CT molecular complexity index is 2080. The van der Waals surface area contributed by atoms with Gasteiger partial charge in [0, 0.05) is 33.5 Å². The van der Waals surface area contributed by atoms with Gasteiger partial charge in [-0.2, -0.15) is 0 Å². The quantitative estimate of drug-likeness (QED) is 0.191. The van der Waals surface area contributed by atoms with Gasteiger partial charge in [-0.1, -0.05) is 107 Å². The van der Waals surface area contributed by atoms with Gasteiger partial charge < -0.3 is 9.64 Å². The van der Waals surface area contributed by atoms with Gasteiger partial charge in [0.15, 0.2) is 0 Å². The lowest BCUT2D eigenvalue weighted by atomic mass is 9.41. The molecule has 0 atom stereocenters. The predicted octanol–water partition coefficient (Wildman–Crippen LogP) is 13.0. The van der Waals surface area contributed by atoms with Crippen LogP contribution in [0.1, 0.15) is 94.9 Å². The average molecular weight is 656 g/mol. The Kier molecular flexibility index (Phi) is 6.62. The molecule has 252 valence electrons. The molecule has 0 unspecified atom stereocenters.